The molecule has 0 spiro atoms. The number of fused-ring (bicyclic) bond motifs is 1. The Labute approximate surface area is 185 Å². The van der Waals surface area contributed by atoms with Crippen molar-refractivity contribution in [3.63, 3.8) is 0 Å². The van der Waals surface area contributed by atoms with Crippen LogP contribution in [0.4, 0.5) is 5.69 Å². The molecule has 1 aromatic heterocycles. The number of pyridine rings is 1. The zero-order chi connectivity index (χ0) is 21.8. The number of anilines is 1. The number of amides is 1. The maximum Gasteiger partial charge on any atom is 0.223 e. The van der Waals surface area contributed by atoms with E-state index >= 15 is 0 Å². The van der Waals surface area contributed by atoms with Crippen LogP contribution in [0.5, 0.6) is 0 Å². The quantitative estimate of drug-likeness (QED) is 0.725. The van der Waals surface area contributed by atoms with Gasteiger partial charge in [-0.1, -0.05) is 11.6 Å². The van der Waals surface area contributed by atoms with E-state index in [0.717, 1.165) is 67.6 Å². The average molecular weight is 420 g/mol. The standard InChI is InChI=1S/C25H33N5O/c1-18-14-19(2)23-22(15-18)24(21(16-26)17-28-23)30-12-6-20(7-13-30)25(31)27-8-5-11-29-9-3-4-10-29/h14-15,17,20H,3-13H2,1-2H3,(H,27,31). The number of aromatic nitrogens is 1. The Morgan fingerprint density at radius 2 is 1.94 bits per heavy atom. The molecular formula is C25H33N5O. The third kappa shape index (κ3) is 4.83. The molecule has 2 aliphatic rings. The number of nitrogens with one attached hydrogen (secondary N) is 1. The Kier molecular flexibility index (Phi) is 6.72. The zero-order valence-electron chi connectivity index (χ0n) is 18.8. The van der Waals surface area contributed by atoms with Crippen LogP contribution in [0.25, 0.3) is 10.9 Å². The summed E-state index contributed by atoms with van der Waals surface area (Å²) in [6.45, 7) is 9.98. The van der Waals surface area contributed by atoms with Crippen molar-refractivity contribution >= 4 is 22.5 Å². The number of likely N-dealkylation sites (tertiary alicyclic amines) is 1. The van der Waals surface area contributed by atoms with Crippen LogP contribution in [-0.4, -0.2) is 55.1 Å². The molecule has 0 unspecified atom stereocenters. The van der Waals surface area contributed by atoms with E-state index in [4.69, 9.17) is 0 Å². The fraction of sp³-hybridized carbons (Fsp3) is 0.560. The highest BCUT2D eigenvalue weighted by Gasteiger charge is 2.27. The molecule has 0 bridgehead atoms. The van der Waals surface area contributed by atoms with Gasteiger partial charge in [0.15, 0.2) is 0 Å². The lowest BCUT2D eigenvalue weighted by atomic mass is 9.94. The van der Waals surface area contributed by atoms with Gasteiger partial charge in [0.25, 0.3) is 0 Å². The predicted octanol–water partition coefficient (Wildman–Crippen LogP) is 3.54. The third-order valence-electron chi connectivity index (χ3n) is 6.73. The second-order valence-corrected chi connectivity index (χ2v) is 9.06. The maximum absolute atomic E-state index is 12.7. The van der Waals surface area contributed by atoms with Crippen molar-refractivity contribution in [1.82, 2.24) is 15.2 Å². The highest BCUT2D eigenvalue weighted by molar-refractivity contribution is 5.96. The van der Waals surface area contributed by atoms with Gasteiger partial charge in [-0.3, -0.25) is 9.78 Å². The largest absolute Gasteiger partial charge is 0.370 e. The molecule has 1 N–H and O–H groups in total. The minimum atomic E-state index is 0.0603. The van der Waals surface area contributed by atoms with Crippen molar-refractivity contribution in [3.05, 3.63) is 35.0 Å². The molecular weight excluding hydrogens is 386 g/mol. The zero-order valence-corrected chi connectivity index (χ0v) is 18.8. The monoisotopic (exact) mass is 419 g/mol. The van der Waals surface area contributed by atoms with Crippen molar-refractivity contribution in [1.29, 1.82) is 5.26 Å². The first-order valence-electron chi connectivity index (χ1n) is 11.6. The van der Waals surface area contributed by atoms with Gasteiger partial charge in [-0.25, -0.2) is 0 Å². The normalized spacial score (nSPS) is 17.8. The van der Waals surface area contributed by atoms with Crippen LogP contribution in [-0.2, 0) is 4.79 Å². The van der Waals surface area contributed by atoms with E-state index in [1.54, 1.807) is 6.20 Å². The lowest BCUT2D eigenvalue weighted by molar-refractivity contribution is -0.125. The van der Waals surface area contributed by atoms with Crippen LogP contribution in [0.2, 0.25) is 0 Å². The molecule has 0 radical (unpaired) electrons. The average Bonchev–Trinajstić information content (AvgIpc) is 3.29. The minimum absolute atomic E-state index is 0.0603. The van der Waals surface area contributed by atoms with Crippen molar-refractivity contribution in [3.8, 4) is 6.07 Å². The fourth-order valence-corrected chi connectivity index (χ4v) is 5.10. The number of hydrogen-bond donors (Lipinski definition) is 1. The molecule has 164 valence electrons. The summed E-state index contributed by atoms with van der Waals surface area (Å²) in [7, 11) is 0. The lowest BCUT2D eigenvalue weighted by Crippen LogP contribution is -2.41. The summed E-state index contributed by atoms with van der Waals surface area (Å²) in [5.74, 6) is 0.248. The van der Waals surface area contributed by atoms with E-state index in [9.17, 15) is 10.1 Å². The van der Waals surface area contributed by atoms with Crippen molar-refractivity contribution in [2.24, 2.45) is 5.92 Å². The number of benzene rings is 1. The van der Waals surface area contributed by atoms with Gasteiger partial charge in [-0.15, -0.1) is 0 Å². The van der Waals surface area contributed by atoms with Gasteiger partial charge < -0.3 is 15.1 Å². The van der Waals surface area contributed by atoms with Crippen molar-refractivity contribution in [2.75, 3.05) is 44.2 Å². The van der Waals surface area contributed by atoms with Crippen LogP contribution < -0.4 is 10.2 Å². The summed E-state index contributed by atoms with van der Waals surface area (Å²) in [5, 5.41) is 13.9. The van der Waals surface area contributed by atoms with Gasteiger partial charge in [-0.2, -0.15) is 5.26 Å². The van der Waals surface area contributed by atoms with Crippen LogP contribution in [0, 0.1) is 31.1 Å². The molecule has 1 aromatic carbocycles. The molecule has 0 atom stereocenters. The summed E-state index contributed by atoms with van der Waals surface area (Å²) in [6, 6.07) is 6.59. The Bertz CT molecular complexity index is 982. The second kappa shape index (κ2) is 9.65. The fourth-order valence-electron chi connectivity index (χ4n) is 5.10. The molecule has 2 saturated heterocycles. The summed E-state index contributed by atoms with van der Waals surface area (Å²) < 4.78 is 0. The minimum Gasteiger partial charge on any atom is -0.370 e. The maximum atomic E-state index is 12.7. The number of nitrogens with zero attached hydrogens (tertiary/aromatic N) is 4. The highest BCUT2D eigenvalue weighted by Crippen LogP contribution is 2.34. The van der Waals surface area contributed by atoms with E-state index in [-0.39, 0.29) is 11.8 Å². The van der Waals surface area contributed by atoms with Gasteiger partial charge in [0, 0.05) is 37.1 Å². The number of carbonyl (C=O) groups excluding carboxylic acids is 1. The molecule has 2 aliphatic heterocycles. The Balaban J connectivity index is 1.38. The summed E-state index contributed by atoms with van der Waals surface area (Å²) in [5.41, 5.74) is 4.85. The summed E-state index contributed by atoms with van der Waals surface area (Å²) in [4.78, 5) is 22.0. The number of rotatable bonds is 6. The Morgan fingerprint density at radius 1 is 1.19 bits per heavy atom. The van der Waals surface area contributed by atoms with Crippen molar-refractivity contribution in [2.45, 2.75) is 46.0 Å². The predicted molar refractivity (Wildman–Crippen MR) is 124 cm³/mol. The Morgan fingerprint density at radius 3 is 2.65 bits per heavy atom. The van der Waals surface area contributed by atoms with E-state index in [2.05, 4.69) is 52.2 Å². The van der Waals surface area contributed by atoms with Gasteiger partial charge >= 0.3 is 0 Å². The summed E-state index contributed by atoms with van der Waals surface area (Å²) >= 11 is 0. The molecule has 6 heteroatoms. The third-order valence-corrected chi connectivity index (χ3v) is 6.73. The van der Waals surface area contributed by atoms with Crippen LogP contribution in [0.15, 0.2) is 18.3 Å². The Hall–Kier alpha value is -2.65. The van der Waals surface area contributed by atoms with Crippen LogP contribution in [0.1, 0.15) is 48.8 Å². The SMILES string of the molecule is Cc1cc(C)c2ncc(C#N)c(N3CCC(C(=O)NCCCN4CCCC4)CC3)c2c1. The van der Waals surface area contributed by atoms with Crippen molar-refractivity contribution < 1.29 is 4.79 Å². The number of aryl methyl sites for hydroxylation is 2. The van der Waals surface area contributed by atoms with Gasteiger partial charge in [0.05, 0.1) is 16.8 Å². The molecule has 3 heterocycles. The highest BCUT2D eigenvalue weighted by atomic mass is 16.1. The first kappa shape index (κ1) is 21.6. The molecule has 2 fully saturated rings. The molecule has 0 aliphatic carbocycles. The topological polar surface area (TPSA) is 72.3 Å². The molecule has 6 nitrogen and oxygen atoms in total. The van der Waals surface area contributed by atoms with E-state index in [1.165, 1.54) is 31.5 Å². The lowest BCUT2D eigenvalue weighted by Gasteiger charge is -2.34. The summed E-state index contributed by atoms with van der Waals surface area (Å²) in [6.07, 6.45) is 6.97. The van der Waals surface area contributed by atoms with Gasteiger partial charge in [-0.05, 0) is 77.2 Å². The van der Waals surface area contributed by atoms with E-state index in [1.807, 2.05) is 0 Å². The first-order valence-corrected chi connectivity index (χ1v) is 11.6. The molecule has 31 heavy (non-hydrogen) atoms. The van der Waals surface area contributed by atoms with Gasteiger partial charge in [0.2, 0.25) is 5.91 Å². The first-order chi connectivity index (χ1) is 15.1. The van der Waals surface area contributed by atoms with Gasteiger partial charge in [0.1, 0.15) is 6.07 Å². The molecule has 0 saturated carbocycles. The molecule has 1 amide bonds. The number of piperidine rings is 1. The molecule has 2 aromatic rings. The van der Waals surface area contributed by atoms with Crippen LogP contribution >= 0.6 is 0 Å². The van der Waals surface area contributed by atoms with E-state index in [0.29, 0.717) is 5.56 Å². The van der Waals surface area contributed by atoms with E-state index < -0.39 is 0 Å². The second-order valence-electron chi connectivity index (χ2n) is 9.06. The van der Waals surface area contributed by atoms with Crippen LogP contribution in [0.3, 0.4) is 0 Å². The number of nitriles is 1. The number of hydrogen-bond acceptors (Lipinski definition) is 5. The smallest absolute Gasteiger partial charge is 0.223 e. The molecule has 4 rings (SSSR count). The number of carbonyl (C=O) groups is 1.